The minimum atomic E-state index is -0.254. The second-order valence-electron chi connectivity index (χ2n) is 8.34. The van der Waals surface area contributed by atoms with E-state index in [1.54, 1.807) is 12.1 Å². The highest BCUT2D eigenvalue weighted by atomic mass is 19.1. The van der Waals surface area contributed by atoms with Crippen molar-refractivity contribution in [3.05, 3.63) is 60.2 Å². The van der Waals surface area contributed by atoms with Crippen molar-refractivity contribution in [1.82, 2.24) is 19.4 Å². The summed E-state index contributed by atoms with van der Waals surface area (Å²) in [4.78, 5) is 22.2. The lowest BCUT2D eigenvalue weighted by Gasteiger charge is -2.36. The molecule has 2 aliphatic heterocycles. The Morgan fingerprint density at radius 1 is 1.06 bits per heavy atom. The molecule has 0 spiro atoms. The quantitative estimate of drug-likeness (QED) is 0.648. The number of ether oxygens (including phenoxy) is 1. The zero-order valence-electron chi connectivity index (χ0n) is 17.5. The number of halogens is 1. The SMILES string of the molecule is O=C([C@H]1CCCN(Cc2nc3ccccc3n2-c2ccc(F)cc2)C1)N1CCOCC1. The Bertz CT molecular complexity index is 1060. The number of hydrogen-bond acceptors (Lipinski definition) is 4. The summed E-state index contributed by atoms with van der Waals surface area (Å²) in [6.45, 7) is 4.97. The molecule has 0 bridgehead atoms. The molecule has 1 atom stereocenters. The Morgan fingerprint density at radius 2 is 1.84 bits per heavy atom. The number of aromatic nitrogens is 2. The molecule has 2 aromatic carbocycles. The number of carbonyl (C=O) groups is 1. The fourth-order valence-electron chi connectivity index (χ4n) is 4.70. The second kappa shape index (κ2) is 8.77. The molecule has 5 rings (SSSR count). The molecule has 2 saturated heterocycles. The van der Waals surface area contributed by atoms with E-state index in [9.17, 15) is 9.18 Å². The monoisotopic (exact) mass is 422 g/mol. The molecular formula is C24H27FN4O2. The third-order valence-corrected chi connectivity index (χ3v) is 6.26. The van der Waals surface area contributed by atoms with Gasteiger partial charge in [0.25, 0.3) is 0 Å². The van der Waals surface area contributed by atoms with Gasteiger partial charge in [-0.2, -0.15) is 0 Å². The maximum atomic E-state index is 13.5. The van der Waals surface area contributed by atoms with Crippen LogP contribution in [0, 0.1) is 11.7 Å². The van der Waals surface area contributed by atoms with E-state index in [1.807, 2.05) is 29.2 Å². The highest BCUT2D eigenvalue weighted by Crippen LogP contribution is 2.25. The molecule has 6 nitrogen and oxygen atoms in total. The van der Waals surface area contributed by atoms with Gasteiger partial charge in [0.2, 0.25) is 5.91 Å². The lowest BCUT2D eigenvalue weighted by atomic mass is 9.96. The molecule has 0 unspecified atom stereocenters. The average Bonchev–Trinajstić information content (AvgIpc) is 3.17. The second-order valence-corrected chi connectivity index (χ2v) is 8.34. The van der Waals surface area contributed by atoms with Gasteiger partial charge in [-0.1, -0.05) is 12.1 Å². The number of fused-ring (bicyclic) bond motifs is 1. The molecule has 3 aromatic rings. The first-order chi connectivity index (χ1) is 15.2. The number of benzene rings is 2. The topological polar surface area (TPSA) is 50.6 Å². The summed E-state index contributed by atoms with van der Waals surface area (Å²) in [6, 6.07) is 14.5. The number of rotatable bonds is 4. The van der Waals surface area contributed by atoms with Crippen LogP contribution < -0.4 is 0 Å². The van der Waals surface area contributed by atoms with E-state index in [2.05, 4.69) is 9.47 Å². The van der Waals surface area contributed by atoms with E-state index in [4.69, 9.17) is 9.72 Å². The fraction of sp³-hybridized carbons (Fsp3) is 0.417. The third-order valence-electron chi connectivity index (χ3n) is 6.26. The molecule has 2 fully saturated rings. The Morgan fingerprint density at radius 3 is 2.65 bits per heavy atom. The van der Waals surface area contributed by atoms with Gasteiger partial charge in [0.1, 0.15) is 11.6 Å². The van der Waals surface area contributed by atoms with Gasteiger partial charge in [-0.25, -0.2) is 9.37 Å². The lowest BCUT2D eigenvalue weighted by Crippen LogP contribution is -2.48. The van der Waals surface area contributed by atoms with Crippen molar-refractivity contribution >= 4 is 16.9 Å². The largest absolute Gasteiger partial charge is 0.378 e. The molecule has 31 heavy (non-hydrogen) atoms. The number of imidazole rings is 1. The van der Waals surface area contributed by atoms with Crippen molar-refractivity contribution in [3.8, 4) is 5.69 Å². The van der Waals surface area contributed by atoms with Crippen molar-refractivity contribution in [2.75, 3.05) is 39.4 Å². The van der Waals surface area contributed by atoms with Crippen molar-refractivity contribution < 1.29 is 13.9 Å². The number of morpholine rings is 1. The minimum Gasteiger partial charge on any atom is -0.378 e. The van der Waals surface area contributed by atoms with Gasteiger partial charge < -0.3 is 9.64 Å². The van der Waals surface area contributed by atoms with Gasteiger partial charge in [-0.15, -0.1) is 0 Å². The lowest BCUT2D eigenvalue weighted by molar-refractivity contribution is -0.141. The van der Waals surface area contributed by atoms with Gasteiger partial charge in [0.05, 0.1) is 36.7 Å². The Kier molecular flexibility index (Phi) is 5.70. The Labute approximate surface area is 181 Å². The molecule has 0 saturated carbocycles. The van der Waals surface area contributed by atoms with E-state index >= 15 is 0 Å². The minimum absolute atomic E-state index is 0.0236. The van der Waals surface area contributed by atoms with Crippen molar-refractivity contribution in [2.24, 2.45) is 5.92 Å². The summed E-state index contributed by atoms with van der Waals surface area (Å²) >= 11 is 0. The van der Waals surface area contributed by atoms with Crippen LogP contribution >= 0.6 is 0 Å². The molecule has 0 N–H and O–H groups in total. The first kappa shape index (κ1) is 20.2. The molecule has 162 valence electrons. The molecular weight excluding hydrogens is 395 g/mol. The number of piperidine rings is 1. The van der Waals surface area contributed by atoms with Crippen LogP contribution in [0.2, 0.25) is 0 Å². The van der Waals surface area contributed by atoms with Crippen LogP contribution in [0.15, 0.2) is 48.5 Å². The van der Waals surface area contributed by atoms with E-state index in [1.165, 1.54) is 12.1 Å². The standard InChI is InChI=1S/C24H27FN4O2/c25-19-7-9-20(10-8-19)29-22-6-2-1-5-21(22)26-23(29)17-27-11-3-4-18(16-27)24(30)28-12-14-31-15-13-28/h1-2,5-10,18H,3-4,11-17H2/t18-/m0/s1. The molecule has 1 amide bonds. The molecule has 0 radical (unpaired) electrons. The van der Waals surface area contributed by atoms with E-state index in [0.717, 1.165) is 48.5 Å². The van der Waals surface area contributed by atoms with E-state index in [0.29, 0.717) is 32.8 Å². The first-order valence-corrected chi connectivity index (χ1v) is 11.0. The van der Waals surface area contributed by atoms with E-state index in [-0.39, 0.29) is 17.6 Å². The van der Waals surface area contributed by atoms with Crippen LogP contribution in [0.1, 0.15) is 18.7 Å². The van der Waals surface area contributed by atoms with Crippen LogP contribution in [0.5, 0.6) is 0 Å². The molecule has 2 aliphatic rings. The number of para-hydroxylation sites is 2. The predicted molar refractivity (Wildman–Crippen MR) is 116 cm³/mol. The summed E-state index contributed by atoms with van der Waals surface area (Å²) in [5.74, 6) is 0.929. The maximum absolute atomic E-state index is 13.5. The molecule has 1 aromatic heterocycles. The summed E-state index contributed by atoms with van der Waals surface area (Å²) in [6.07, 6.45) is 1.93. The number of nitrogens with zero attached hydrogens (tertiary/aromatic N) is 4. The number of carbonyl (C=O) groups excluding carboxylic acids is 1. The van der Waals surface area contributed by atoms with Gasteiger partial charge >= 0.3 is 0 Å². The highest BCUT2D eigenvalue weighted by Gasteiger charge is 2.30. The van der Waals surface area contributed by atoms with Crippen LogP contribution in [0.3, 0.4) is 0 Å². The van der Waals surface area contributed by atoms with Crippen LogP contribution in [0.4, 0.5) is 4.39 Å². The van der Waals surface area contributed by atoms with Gasteiger partial charge in [0.15, 0.2) is 0 Å². The van der Waals surface area contributed by atoms with Crippen molar-refractivity contribution in [1.29, 1.82) is 0 Å². The van der Waals surface area contributed by atoms with Crippen molar-refractivity contribution in [3.63, 3.8) is 0 Å². The average molecular weight is 423 g/mol. The van der Waals surface area contributed by atoms with Crippen LogP contribution in [-0.2, 0) is 16.1 Å². The normalized spacial score (nSPS) is 20.3. The molecule has 3 heterocycles. The smallest absolute Gasteiger partial charge is 0.227 e. The third kappa shape index (κ3) is 4.20. The molecule has 0 aliphatic carbocycles. The van der Waals surface area contributed by atoms with Gasteiger partial charge in [0, 0.05) is 25.3 Å². The number of hydrogen-bond donors (Lipinski definition) is 0. The zero-order chi connectivity index (χ0) is 21.2. The highest BCUT2D eigenvalue weighted by molar-refractivity contribution is 5.79. The van der Waals surface area contributed by atoms with Crippen LogP contribution in [-0.4, -0.2) is 64.7 Å². The summed E-state index contributed by atoms with van der Waals surface area (Å²) in [5.41, 5.74) is 2.81. The number of likely N-dealkylation sites (tertiary alicyclic amines) is 1. The summed E-state index contributed by atoms with van der Waals surface area (Å²) < 4.78 is 21.0. The Balaban J connectivity index is 1.39. The summed E-state index contributed by atoms with van der Waals surface area (Å²) in [7, 11) is 0. The predicted octanol–water partition coefficient (Wildman–Crippen LogP) is 3.24. The molecule has 7 heteroatoms. The van der Waals surface area contributed by atoms with Crippen LogP contribution in [0.25, 0.3) is 16.7 Å². The van der Waals surface area contributed by atoms with Gasteiger partial charge in [-0.3, -0.25) is 14.3 Å². The summed E-state index contributed by atoms with van der Waals surface area (Å²) in [5, 5.41) is 0. The number of amides is 1. The fourth-order valence-corrected chi connectivity index (χ4v) is 4.70. The van der Waals surface area contributed by atoms with Gasteiger partial charge in [-0.05, 0) is 55.8 Å². The zero-order valence-corrected chi connectivity index (χ0v) is 17.5. The first-order valence-electron chi connectivity index (χ1n) is 11.0. The maximum Gasteiger partial charge on any atom is 0.227 e. The Hall–Kier alpha value is -2.77. The van der Waals surface area contributed by atoms with E-state index < -0.39 is 0 Å². The van der Waals surface area contributed by atoms with Crippen molar-refractivity contribution in [2.45, 2.75) is 19.4 Å².